The molecule has 1 aliphatic heterocycles. The Kier molecular flexibility index (Phi) is 6.17. The zero-order chi connectivity index (χ0) is 21.6. The van der Waals surface area contributed by atoms with Crippen molar-refractivity contribution in [3.8, 4) is 0 Å². The third-order valence-corrected chi connectivity index (χ3v) is 6.70. The van der Waals surface area contributed by atoms with Gasteiger partial charge >= 0.3 is 0 Å². The van der Waals surface area contributed by atoms with Crippen LogP contribution in [0.25, 0.3) is 0 Å². The highest BCUT2D eigenvalue weighted by Gasteiger charge is 2.38. The SMILES string of the molecule is c1ccc(C(c2ccccc2)(c2ccccc2)n2cnc(CCCN3CCCC3)c2)cc1. The van der Waals surface area contributed by atoms with Crippen LogP contribution in [0.5, 0.6) is 0 Å². The molecule has 1 fully saturated rings. The van der Waals surface area contributed by atoms with Crippen LogP contribution in [0.15, 0.2) is 104 Å². The normalized spacial score (nSPS) is 14.6. The van der Waals surface area contributed by atoms with Crippen LogP contribution in [0.2, 0.25) is 0 Å². The molecule has 1 aromatic heterocycles. The number of imidazole rings is 1. The molecule has 4 aromatic rings. The Morgan fingerprint density at radius 3 is 1.69 bits per heavy atom. The van der Waals surface area contributed by atoms with E-state index in [1.807, 2.05) is 6.33 Å². The first-order valence-electron chi connectivity index (χ1n) is 11.8. The monoisotopic (exact) mass is 421 g/mol. The summed E-state index contributed by atoms with van der Waals surface area (Å²) >= 11 is 0. The molecule has 3 aromatic carbocycles. The number of hydrogen-bond donors (Lipinski definition) is 0. The number of aromatic nitrogens is 2. The van der Waals surface area contributed by atoms with Crippen molar-refractivity contribution in [2.24, 2.45) is 0 Å². The van der Waals surface area contributed by atoms with Gasteiger partial charge < -0.3 is 9.47 Å². The van der Waals surface area contributed by atoms with Crippen molar-refractivity contribution in [3.05, 3.63) is 126 Å². The van der Waals surface area contributed by atoms with Crippen LogP contribution in [-0.2, 0) is 12.0 Å². The summed E-state index contributed by atoms with van der Waals surface area (Å²) < 4.78 is 2.32. The van der Waals surface area contributed by atoms with Gasteiger partial charge in [-0.2, -0.15) is 0 Å². The Bertz CT molecular complexity index is 1000. The Labute approximate surface area is 191 Å². The van der Waals surface area contributed by atoms with Gasteiger partial charge in [-0.1, -0.05) is 91.0 Å². The van der Waals surface area contributed by atoms with E-state index >= 15 is 0 Å². The summed E-state index contributed by atoms with van der Waals surface area (Å²) in [6, 6.07) is 32.4. The number of hydrogen-bond acceptors (Lipinski definition) is 2. The molecule has 3 nitrogen and oxygen atoms in total. The Morgan fingerprint density at radius 1 is 0.688 bits per heavy atom. The van der Waals surface area contributed by atoms with E-state index in [9.17, 15) is 0 Å². The molecule has 0 aliphatic carbocycles. The van der Waals surface area contributed by atoms with E-state index in [4.69, 9.17) is 4.98 Å². The summed E-state index contributed by atoms with van der Waals surface area (Å²) in [5.74, 6) is 0. The van der Waals surface area contributed by atoms with E-state index in [0.717, 1.165) is 18.5 Å². The van der Waals surface area contributed by atoms with Gasteiger partial charge in [-0.25, -0.2) is 4.98 Å². The maximum Gasteiger partial charge on any atom is 0.121 e. The van der Waals surface area contributed by atoms with E-state index in [0.29, 0.717) is 0 Å². The molecule has 1 saturated heterocycles. The quantitative estimate of drug-likeness (QED) is 0.338. The molecule has 0 unspecified atom stereocenters. The zero-order valence-electron chi connectivity index (χ0n) is 18.6. The van der Waals surface area contributed by atoms with Crippen molar-refractivity contribution >= 4 is 0 Å². The number of benzene rings is 3. The third kappa shape index (κ3) is 4.01. The van der Waals surface area contributed by atoms with Crippen LogP contribution in [-0.4, -0.2) is 34.1 Å². The topological polar surface area (TPSA) is 21.1 Å². The largest absolute Gasteiger partial charge is 0.319 e. The fourth-order valence-corrected chi connectivity index (χ4v) is 5.15. The second kappa shape index (κ2) is 9.54. The van der Waals surface area contributed by atoms with Crippen molar-refractivity contribution in [3.63, 3.8) is 0 Å². The molecule has 5 rings (SSSR count). The molecule has 0 spiro atoms. The molecule has 2 heterocycles. The number of likely N-dealkylation sites (tertiary alicyclic amines) is 1. The van der Waals surface area contributed by atoms with E-state index in [1.165, 1.54) is 49.2 Å². The van der Waals surface area contributed by atoms with Gasteiger partial charge in [0.05, 0.1) is 12.0 Å². The maximum absolute atomic E-state index is 4.87. The first-order chi connectivity index (χ1) is 15.9. The summed E-state index contributed by atoms with van der Waals surface area (Å²) in [5.41, 5.74) is 4.40. The minimum Gasteiger partial charge on any atom is -0.319 e. The van der Waals surface area contributed by atoms with Crippen molar-refractivity contribution in [1.29, 1.82) is 0 Å². The van der Waals surface area contributed by atoms with E-state index < -0.39 is 5.54 Å². The van der Waals surface area contributed by atoms with Crippen LogP contribution in [0.3, 0.4) is 0 Å². The zero-order valence-corrected chi connectivity index (χ0v) is 18.6. The molecule has 0 atom stereocenters. The molecule has 0 saturated carbocycles. The van der Waals surface area contributed by atoms with Gasteiger partial charge in [0.15, 0.2) is 0 Å². The van der Waals surface area contributed by atoms with Crippen LogP contribution in [0, 0.1) is 0 Å². The molecule has 32 heavy (non-hydrogen) atoms. The lowest BCUT2D eigenvalue weighted by Crippen LogP contribution is -2.36. The number of rotatable bonds is 8. The second-order valence-corrected chi connectivity index (χ2v) is 8.73. The Hall–Kier alpha value is -3.17. The highest BCUT2D eigenvalue weighted by Crippen LogP contribution is 2.40. The van der Waals surface area contributed by atoms with Crippen LogP contribution >= 0.6 is 0 Å². The van der Waals surface area contributed by atoms with Gasteiger partial charge in [-0.05, 0) is 62.0 Å². The number of aryl methyl sites for hydroxylation is 1. The molecule has 1 aliphatic rings. The lowest BCUT2D eigenvalue weighted by Gasteiger charge is -2.37. The summed E-state index contributed by atoms with van der Waals surface area (Å²) in [6.07, 6.45) is 9.16. The van der Waals surface area contributed by atoms with Gasteiger partial charge in [-0.3, -0.25) is 0 Å². The van der Waals surface area contributed by atoms with Gasteiger partial charge in [0.25, 0.3) is 0 Å². The van der Waals surface area contributed by atoms with E-state index in [-0.39, 0.29) is 0 Å². The highest BCUT2D eigenvalue weighted by atomic mass is 15.1. The Balaban J connectivity index is 1.57. The molecule has 0 amide bonds. The van der Waals surface area contributed by atoms with Crippen LogP contribution < -0.4 is 0 Å². The van der Waals surface area contributed by atoms with Crippen molar-refractivity contribution < 1.29 is 0 Å². The minimum absolute atomic E-state index is 0.468. The molecular weight excluding hydrogens is 390 g/mol. The highest BCUT2D eigenvalue weighted by molar-refractivity contribution is 5.50. The second-order valence-electron chi connectivity index (χ2n) is 8.73. The Morgan fingerprint density at radius 2 is 1.19 bits per heavy atom. The fraction of sp³-hybridized carbons (Fsp3) is 0.276. The maximum atomic E-state index is 4.87. The van der Waals surface area contributed by atoms with Crippen molar-refractivity contribution in [2.45, 2.75) is 31.2 Å². The first kappa shape index (κ1) is 20.7. The summed E-state index contributed by atoms with van der Waals surface area (Å²) in [4.78, 5) is 7.45. The van der Waals surface area contributed by atoms with Gasteiger partial charge in [0.1, 0.15) is 5.54 Å². The first-order valence-corrected chi connectivity index (χ1v) is 11.8. The minimum atomic E-state index is -0.468. The molecular formula is C29H31N3. The van der Waals surface area contributed by atoms with Gasteiger partial charge in [0.2, 0.25) is 0 Å². The average molecular weight is 422 g/mol. The summed E-state index contributed by atoms with van der Waals surface area (Å²) in [6.45, 7) is 3.69. The van der Waals surface area contributed by atoms with E-state index in [1.54, 1.807) is 0 Å². The molecule has 0 radical (unpaired) electrons. The van der Waals surface area contributed by atoms with Crippen molar-refractivity contribution in [2.75, 3.05) is 19.6 Å². The lowest BCUT2D eigenvalue weighted by atomic mass is 9.77. The predicted molar refractivity (Wildman–Crippen MR) is 131 cm³/mol. The lowest BCUT2D eigenvalue weighted by molar-refractivity contribution is 0.333. The standard InChI is InChI=1S/C29H31N3/c1-4-13-25(14-5-1)29(26-15-6-2-7-16-26,27-17-8-3-9-18-27)32-23-28(30-24-32)19-12-22-31-20-10-11-21-31/h1-9,13-18,23-24H,10-12,19-22H2. The fourth-order valence-electron chi connectivity index (χ4n) is 5.15. The number of nitrogens with zero attached hydrogens (tertiary/aromatic N) is 3. The molecule has 162 valence electrons. The summed E-state index contributed by atoms with van der Waals surface area (Å²) in [7, 11) is 0. The van der Waals surface area contributed by atoms with Crippen LogP contribution in [0.1, 0.15) is 41.6 Å². The molecule has 3 heteroatoms. The van der Waals surface area contributed by atoms with Crippen molar-refractivity contribution in [1.82, 2.24) is 14.5 Å². The predicted octanol–water partition coefficient (Wildman–Crippen LogP) is 5.75. The van der Waals surface area contributed by atoms with E-state index in [2.05, 4.69) is 107 Å². The van der Waals surface area contributed by atoms with Gasteiger partial charge in [-0.15, -0.1) is 0 Å². The molecule has 0 N–H and O–H groups in total. The summed E-state index contributed by atoms with van der Waals surface area (Å²) in [5, 5.41) is 0. The molecule has 0 bridgehead atoms. The smallest absolute Gasteiger partial charge is 0.121 e. The third-order valence-electron chi connectivity index (χ3n) is 6.70. The van der Waals surface area contributed by atoms with Crippen LogP contribution in [0.4, 0.5) is 0 Å². The average Bonchev–Trinajstić information content (AvgIpc) is 3.55. The van der Waals surface area contributed by atoms with Gasteiger partial charge in [0, 0.05) is 6.20 Å².